The molecule has 34 heavy (non-hydrogen) atoms. The molecule has 1 saturated carbocycles. The van der Waals surface area contributed by atoms with Crippen molar-refractivity contribution in [1.29, 1.82) is 0 Å². The lowest BCUT2D eigenvalue weighted by atomic mass is 10.2. The van der Waals surface area contributed by atoms with Crippen LogP contribution in [0.4, 0.5) is 18.9 Å². The van der Waals surface area contributed by atoms with Gasteiger partial charge in [-0.3, -0.25) is 9.59 Å². The summed E-state index contributed by atoms with van der Waals surface area (Å²) in [4.78, 5) is 24.6. The zero-order valence-electron chi connectivity index (χ0n) is 18.2. The molecule has 4 rings (SSSR count). The molecular weight excluding hydrogens is 467 g/mol. The number of hydrogen-bond acceptors (Lipinski definition) is 5. The molecule has 0 spiro atoms. The van der Waals surface area contributed by atoms with Gasteiger partial charge < -0.3 is 15.2 Å². The summed E-state index contributed by atoms with van der Waals surface area (Å²) in [5.74, 6) is -4.50. The predicted octanol–water partition coefficient (Wildman–Crippen LogP) is 3.86. The van der Waals surface area contributed by atoms with Crippen molar-refractivity contribution >= 4 is 29.3 Å². The van der Waals surface area contributed by atoms with Crippen LogP contribution in [-0.4, -0.2) is 38.4 Å². The lowest BCUT2D eigenvalue weighted by Crippen LogP contribution is -2.37. The van der Waals surface area contributed by atoms with Gasteiger partial charge in [0.05, 0.1) is 24.0 Å². The van der Waals surface area contributed by atoms with E-state index in [0.29, 0.717) is 23.7 Å². The van der Waals surface area contributed by atoms with Crippen molar-refractivity contribution in [3.8, 4) is 0 Å². The Labute approximate surface area is 198 Å². The molecule has 2 N–H and O–H groups in total. The van der Waals surface area contributed by atoms with E-state index in [-0.39, 0.29) is 0 Å². The van der Waals surface area contributed by atoms with E-state index in [0.717, 1.165) is 30.3 Å². The summed E-state index contributed by atoms with van der Waals surface area (Å²) >= 11 is 1.22. The van der Waals surface area contributed by atoms with Gasteiger partial charge in [0.1, 0.15) is 5.82 Å². The maximum atomic E-state index is 13.7. The minimum Gasteiger partial charge on any atom is -0.346 e. The van der Waals surface area contributed by atoms with Crippen LogP contribution in [0, 0.1) is 17.5 Å². The van der Waals surface area contributed by atoms with Crippen molar-refractivity contribution < 1.29 is 22.8 Å². The van der Waals surface area contributed by atoms with Crippen LogP contribution in [-0.2, 0) is 16.1 Å². The average Bonchev–Trinajstić information content (AvgIpc) is 3.61. The van der Waals surface area contributed by atoms with Gasteiger partial charge in [0.15, 0.2) is 22.6 Å². The first-order valence-corrected chi connectivity index (χ1v) is 11.6. The topological polar surface area (TPSA) is 88.9 Å². The van der Waals surface area contributed by atoms with Gasteiger partial charge in [-0.2, -0.15) is 0 Å². The molecule has 0 radical (unpaired) electrons. The molecule has 3 aromatic rings. The van der Waals surface area contributed by atoms with Crippen molar-refractivity contribution in [3.63, 3.8) is 0 Å². The number of benzene rings is 2. The number of thioether (sulfide) groups is 1. The molecule has 1 heterocycles. The van der Waals surface area contributed by atoms with E-state index in [1.807, 2.05) is 34.9 Å². The molecule has 2 aromatic carbocycles. The Kier molecular flexibility index (Phi) is 7.20. The van der Waals surface area contributed by atoms with Gasteiger partial charge in [-0.15, -0.1) is 10.2 Å². The Morgan fingerprint density at radius 2 is 1.82 bits per heavy atom. The third kappa shape index (κ3) is 5.58. The van der Waals surface area contributed by atoms with E-state index in [9.17, 15) is 22.8 Å². The number of nitrogens with one attached hydrogen (secondary N) is 2. The Morgan fingerprint density at radius 1 is 1.09 bits per heavy atom. The number of carbonyl (C=O) groups is 2. The van der Waals surface area contributed by atoms with Crippen molar-refractivity contribution in [2.75, 3.05) is 11.9 Å². The average molecular weight is 490 g/mol. The normalized spacial score (nSPS) is 14.0. The van der Waals surface area contributed by atoms with Gasteiger partial charge in [0.2, 0.25) is 11.8 Å². The van der Waals surface area contributed by atoms with Crippen LogP contribution in [0.2, 0.25) is 0 Å². The molecule has 1 fully saturated rings. The standard InChI is InChI=1S/C23H22F3N5O2S/c1-13(22(33)27-11-18(32)28-17-10-9-16(24)19(25)20(17)26)34-23-30-29-21(15-7-8-15)31(23)12-14-5-3-2-4-6-14/h2-6,9-10,13,15H,7-8,11-12H2,1H3,(H,27,33)(H,28,32). The van der Waals surface area contributed by atoms with E-state index < -0.39 is 46.7 Å². The molecule has 1 aromatic heterocycles. The first-order chi connectivity index (χ1) is 16.3. The Balaban J connectivity index is 1.36. The Bertz CT molecular complexity index is 1200. The largest absolute Gasteiger partial charge is 0.346 e. The molecule has 7 nitrogen and oxygen atoms in total. The molecule has 1 aliphatic rings. The summed E-state index contributed by atoms with van der Waals surface area (Å²) in [7, 11) is 0. The summed E-state index contributed by atoms with van der Waals surface area (Å²) < 4.78 is 42.1. The third-order valence-electron chi connectivity index (χ3n) is 5.26. The monoisotopic (exact) mass is 489 g/mol. The minimum absolute atomic E-state index is 0.370. The fourth-order valence-electron chi connectivity index (χ4n) is 3.28. The van der Waals surface area contributed by atoms with E-state index in [2.05, 4.69) is 20.8 Å². The summed E-state index contributed by atoms with van der Waals surface area (Å²) in [5.41, 5.74) is 0.575. The quantitative estimate of drug-likeness (QED) is 0.352. The first-order valence-electron chi connectivity index (χ1n) is 10.7. The summed E-state index contributed by atoms with van der Waals surface area (Å²) in [5, 5.41) is 13.2. The van der Waals surface area contributed by atoms with E-state index >= 15 is 0 Å². The van der Waals surface area contributed by atoms with Gasteiger partial charge in [-0.25, -0.2) is 13.2 Å². The Morgan fingerprint density at radius 3 is 2.53 bits per heavy atom. The number of amides is 2. The summed E-state index contributed by atoms with van der Waals surface area (Å²) in [6.07, 6.45) is 2.11. The smallest absolute Gasteiger partial charge is 0.243 e. The zero-order valence-corrected chi connectivity index (χ0v) is 19.0. The molecule has 178 valence electrons. The highest BCUT2D eigenvalue weighted by molar-refractivity contribution is 8.00. The lowest BCUT2D eigenvalue weighted by Gasteiger charge is -2.14. The van der Waals surface area contributed by atoms with Crippen LogP contribution in [0.5, 0.6) is 0 Å². The molecule has 0 saturated heterocycles. The second-order valence-electron chi connectivity index (χ2n) is 7.94. The third-order valence-corrected chi connectivity index (χ3v) is 6.34. The molecule has 1 unspecified atom stereocenters. The zero-order chi connectivity index (χ0) is 24.2. The predicted molar refractivity (Wildman–Crippen MR) is 121 cm³/mol. The van der Waals surface area contributed by atoms with Gasteiger partial charge in [-0.1, -0.05) is 42.1 Å². The second-order valence-corrected chi connectivity index (χ2v) is 9.24. The van der Waals surface area contributed by atoms with Crippen molar-refractivity contribution in [3.05, 3.63) is 71.3 Å². The van der Waals surface area contributed by atoms with E-state index in [4.69, 9.17) is 0 Å². The van der Waals surface area contributed by atoms with Crippen LogP contribution < -0.4 is 10.6 Å². The van der Waals surface area contributed by atoms with Gasteiger partial charge in [0.25, 0.3) is 0 Å². The first kappa shape index (κ1) is 23.8. The highest BCUT2D eigenvalue weighted by atomic mass is 32.2. The van der Waals surface area contributed by atoms with Gasteiger partial charge in [0, 0.05) is 5.92 Å². The number of rotatable bonds is 9. The van der Waals surface area contributed by atoms with Crippen LogP contribution in [0.3, 0.4) is 0 Å². The SMILES string of the molecule is CC(Sc1nnc(C2CC2)n1Cc1ccccc1)C(=O)NCC(=O)Nc1ccc(F)c(F)c1F. The van der Waals surface area contributed by atoms with Crippen molar-refractivity contribution in [2.24, 2.45) is 0 Å². The Hall–Kier alpha value is -3.34. The molecular formula is C23H22F3N5O2S. The van der Waals surface area contributed by atoms with E-state index in [1.54, 1.807) is 6.92 Å². The maximum absolute atomic E-state index is 13.7. The molecule has 0 aliphatic heterocycles. The highest BCUT2D eigenvalue weighted by Gasteiger charge is 2.31. The number of halogens is 3. The van der Waals surface area contributed by atoms with Crippen LogP contribution in [0.15, 0.2) is 47.6 Å². The fraction of sp³-hybridized carbons (Fsp3) is 0.304. The maximum Gasteiger partial charge on any atom is 0.243 e. The van der Waals surface area contributed by atoms with Crippen molar-refractivity contribution in [1.82, 2.24) is 20.1 Å². The van der Waals surface area contributed by atoms with E-state index in [1.165, 1.54) is 11.8 Å². The number of anilines is 1. The molecule has 2 amide bonds. The highest BCUT2D eigenvalue weighted by Crippen LogP contribution is 2.40. The number of nitrogens with zero attached hydrogens (tertiary/aromatic N) is 3. The molecule has 1 aliphatic carbocycles. The molecule has 1 atom stereocenters. The number of carbonyl (C=O) groups excluding carboxylic acids is 2. The lowest BCUT2D eigenvalue weighted by molar-refractivity contribution is -0.123. The van der Waals surface area contributed by atoms with Crippen LogP contribution in [0.25, 0.3) is 0 Å². The number of hydrogen-bond donors (Lipinski definition) is 2. The second kappa shape index (κ2) is 10.3. The molecule has 0 bridgehead atoms. The van der Waals surface area contributed by atoms with Crippen LogP contribution in [0.1, 0.15) is 37.1 Å². The number of aromatic nitrogens is 3. The summed E-state index contributed by atoms with van der Waals surface area (Å²) in [6.45, 7) is 1.79. The van der Waals surface area contributed by atoms with Gasteiger partial charge >= 0.3 is 0 Å². The van der Waals surface area contributed by atoms with Crippen molar-refractivity contribution in [2.45, 2.75) is 42.6 Å². The fourth-order valence-corrected chi connectivity index (χ4v) is 4.16. The summed E-state index contributed by atoms with van der Waals surface area (Å²) in [6, 6.07) is 11.5. The molecule has 11 heteroatoms. The minimum atomic E-state index is -1.68. The van der Waals surface area contributed by atoms with Crippen LogP contribution >= 0.6 is 11.8 Å². The van der Waals surface area contributed by atoms with Gasteiger partial charge in [-0.05, 0) is 37.5 Å².